The maximum atomic E-state index is 5.99. The van der Waals surface area contributed by atoms with Gasteiger partial charge in [0.1, 0.15) is 0 Å². The molecule has 0 aromatic rings. The second-order valence-corrected chi connectivity index (χ2v) is 6.85. The van der Waals surface area contributed by atoms with Crippen molar-refractivity contribution in [1.29, 1.82) is 0 Å². The summed E-state index contributed by atoms with van der Waals surface area (Å²) in [6.07, 6.45) is 2.82. The summed E-state index contributed by atoms with van der Waals surface area (Å²) in [7, 11) is 0. The second-order valence-electron chi connectivity index (χ2n) is 6.85. The van der Waals surface area contributed by atoms with E-state index in [-0.39, 0.29) is 5.60 Å². The molecule has 1 saturated heterocycles. The molecule has 0 aromatic heterocycles. The topological polar surface area (TPSA) is 21.3 Å². The molecular formula is C15H31NO. The average Bonchev–Trinajstić information content (AvgIpc) is 2.51. The van der Waals surface area contributed by atoms with E-state index in [0.717, 1.165) is 30.8 Å². The summed E-state index contributed by atoms with van der Waals surface area (Å²) in [4.78, 5) is 0. The lowest BCUT2D eigenvalue weighted by Crippen LogP contribution is -2.35. The average molecular weight is 241 g/mol. The molecule has 2 heteroatoms. The van der Waals surface area contributed by atoms with Crippen LogP contribution in [0.15, 0.2) is 0 Å². The van der Waals surface area contributed by atoms with Crippen molar-refractivity contribution in [2.24, 2.45) is 17.8 Å². The van der Waals surface area contributed by atoms with Crippen molar-refractivity contribution in [3.63, 3.8) is 0 Å². The number of hydrogen-bond donors (Lipinski definition) is 1. The molecule has 1 fully saturated rings. The van der Waals surface area contributed by atoms with Gasteiger partial charge in [-0.25, -0.2) is 0 Å². The van der Waals surface area contributed by atoms with Crippen LogP contribution in [0.25, 0.3) is 0 Å². The first-order chi connectivity index (χ1) is 7.82. The van der Waals surface area contributed by atoms with Crippen molar-refractivity contribution in [3.05, 3.63) is 0 Å². The van der Waals surface area contributed by atoms with Crippen molar-refractivity contribution in [2.45, 2.75) is 66.1 Å². The van der Waals surface area contributed by atoms with Gasteiger partial charge in [-0.3, -0.25) is 0 Å². The van der Waals surface area contributed by atoms with Crippen LogP contribution < -0.4 is 5.32 Å². The predicted molar refractivity (Wildman–Crippen MR) is 74.2 cm³/mol. The zero-order chi connectivity index (χ0) is 13.1. The van der Waals surface area contributed by atoms with Gasteiger partial charge in [-0.15, -0.1) is 0 Å². The van der Waals surface area contributed by atoms with Crippen molar-refractivity contribution in [3.8, 4) is 0 Å². The van der Waals surface area contributed by atoms with Crippen molar-refractivity contribution in [2.75, 3.05) is 13.1 Å². The molecule has 0 aliphatic carbocycles. The van der Waals surface area contributed by atoms with Gasteiger partial charge in [-0.05, 0) is 51.0 Å². The molecule has 1 atom stereocenters. The van der Waals surface area contributed by atoms with Gasteiger partial charge >= 0.3 is 0 Å². The normalized spacial score (nSPS) is 24.2. The fraction of sp³-hybridized carbons (Fsp3) is 1.00. The first kappa shape index (κ1) is 15.0. The van der Waals surface area contributed by atoms with E-state index in [1.54, 1.807) is 0 Å². The molecule has 0 aromatic carbocycles. The summed E-state index contributed by atoms with van der Waals surface area (Å²) < 4.78 is 5.99. The molecule has 1 N–H and O–H groups in total. The Kier molecular flexibility index (Phi) is 5.46. The van der Waals surface area contributed by atoms with Gasteiger partial charge in [0, 0.05) is 6.54 Å². The highest BCUT2D eigenvalue weighted by molar-refractivity contribution is 4.82. The molecule has 0 bridgehead atoms. The zero-order valence-electron chi connectivity index (χ0n) is 12.5. The van der Waals surface area contributed by atoms with Crippen LogP contribution in [0.3, 0.4) is 0 Å². The maximum absolute atomic E-state index is 5.99. The highest BCUT2D eigenvalue weighted by Crippen LogP contribution is 2.29. The number of hydrogen-bond acceptors (Lipinski definition) is 2. The van der Waals surface area contributed by atoms with E-state index in [1.807, 2.05) is 0 Å². The van der Waals surface area contributed by atoms with E-state index in [0.29, 0.717) is 6.10 Å². The molecule has 0 radical (unpaired) electrons. The van der Waals surface area contributed by atoms with E-state index in [4.69, 9.17) is 4.74 Å². The Labute approximate surface area is 108 Å². The molecule has 0 amide bonds. The van der Waals surface area contributed by atoms with Crippen LogP contribution in [-0.4, -0.2) is 24.8 Å². The highest BCUT2D eigenvalue weighted by Gasteiger charge is 2.31. The van der Waals surface area contributed by atoms with Crippen LogP contribution in [-0.2, 0) is 4.74 Å². The van der Waals surface area contributed by atoms with Gasteiger partial charge < -0.3 is 10.1 Å². The molecule has 1 rings (SSSR count). The Morgan fingerprint density at radius 2 is 1.76 bits per heavy atom. The van der Waals surface area contributed by atoms with E-state index in [2.05, 4.69) is 46.9 Å². The maximum Gasteiger partial charge on any atom is 0.0707 e. The zero-order valence-corrected chi connectivity index (χ0v) is 12.5. The number of nitrogens with one attached hydrogen (secondary N) is 1. The van der Waals surface area contributed by atoms with E-state index in [9.17, 15) is 0 Å². The van der Waals surface area contributed by atoms with Crippen molar-refractivity contribution < 1.29 is 4.74 Å². The number of rotatable bonds is 6. The summed E-state index contributed by atoms with van der Waals surface area (Å²) in [5.74, 6) is 2.27. The molecule has 1 unspecified atom stereocenters. The lowest BCUT2D eigenvalue weighted by molar-refractivity contribution is -0.0147. The molecule has 2 nitrogen and oxygen atoms in total. The quantitative estimate of drug-likeness (QED) is 0.769. The lowest BCUT2D eigenvalue weighted by Gasteiger charge is -2.26. The van der Waals surface area contributed by atoms with Crippen molar-refractivity contribution in [1.82, 2.24) is 5.32 Å². The SMILES string of the molecule is CC(C)C(CNCC1CCC(C)(C)O1)C(C)C. The third-order valence-electron chi connectivity index (χ3n) is 4.02. The predicted octanol–water partition coefficient (Wildman–Crippen LogP) is 3.46. The molecular weight excluding hydrogens is 210 g/mol. The van der Waals surface area contributed by atoms with Gasteiger partial charge in [-0.2, -0.15) is 0 Å². The minimum atomic E-state index is 0.0991. The summed E-state index contributed by atoms with van der Waals surface area (Å²) in [6, 6.07) is 0. The fourth-order valence-electron chi connectivity index (χ4n) is 2.87. The van der Waals surface area contributed by atoms with Crippen LogP contribution in [0.2, 0.25) is 0 Å². The molecule has 102 valence electrons. The first-order valence-electron chi connectivity index (χ1n) is 7.20. The fourth-order valence-corrected chi connectivity index (χ4v) is 2.87. The summed E-state index contributed by atoms with van der Waals surface area (Å²) in [5, 5.41) is 3.60. The summed E-state index contributed by atoms with van der Waals surface area (Å²) >= 11 is 0. The molecule has 1 aliphatic heterocycles. The Hall–Kier alpha value is -0.0800. The Morgan fingerprint density at radius 1 is 1.18 bits per heavy atom. The second kappa shape index (κ2) is 6.19. The minimum Gasteiger partial charge on any atom is -0.371 e. The lowest BCUT2D eigenvalue weighted by atomic mass is 9.85. The van der Waals surface area contributed by atoms with Crippen LogP contribution in [0.5, 0.6) is 0 Å². The van der Waals surface area contributed by atoms with E-state index < -0.39 is 0 Å². The Balaban J connectivity index is 2.23. The van der Waals surface area contributed by atoms with Gasteiger partial charge in [0.15, 0.2) is 0 Å². The monoisotopic (exact) mass is 241 g/mol. The molecule has 1 aliphatic rings. The van der Waals surface area contributed by atoms with Crippen LogP contribution in [0.1, 0.15) is 54.4 Å². The first-order valence-corrected chi connectivity index (χ1v) is 7.20. The Morgan fingerprint density at radius 3 is 2.18 bits per heavy atom. The summed E-state index contributed by atoms with van der Waals surface area (Å²) in [6.45, 7) is 15.8. The van der Waals surface area contributed by atoms with Gasteiger partial charge in [0.25, 0.3) is 0 Å². The van der Waals surface area contributed by atoms with Crippen molar-refractivity contribution >= 4 is 0 Å². The third kappa shape index (κ3) is 4.97. The number of ether oxygens (including phenoxy) is 1. The standard InChI is InChI=1S/C15H31NO/c1-11(2)14(12(3)4)10-16-9-13-7-8-15(5,6)17-13/h11-14,16H,7-10H2,1-6H3. The smallest absolute Gasteiger partial charge is 0.0707 e. The minimum absolute atomic E-state index is 0.0991. The van der Waals surface area contributed by atoms with Crippen LogP contribution >= 0.6 is 0 Å². The van der Waals surface area contributed by atoms with Crippen LogP contribution in [0, 0.1) is 17.8 Å². The molecule has 17 heavy (non-hydrogen) atoms. The summed E-state index contributed by atoms with van der Waals surface area (Å²) in [5.41, 5.74) is 0.0991. The molecule has 1 heterocycles. The molecule has 0 spiro atoms. The van der Waals surface area contributed by atoms with E-state index in [1.165, 1.54) is 12.8 Å². The van der Waals surface area contributed by atoms with Gasteiger partial charge in [0.05, 0.1) is 11.7 Å². The molecule has 0 saturated carbocycles. The largest absolute Gasteiger partial charge is 0.371 e. The van der Waals surface area contributed by atoms with Gasteiger partial charge in [-0.1, -0.05) is 27.7 Å². The third-order valence-corrected chi connectivity index (χ3v) is 4.02. The Bertz CT molecular complexity index is 215. The highest BCUT2D eigenvalue weighted by atomic mass is 16.5. The van der Waals surface area contributed by atoms with E-state index >= 15 is 0 Å². The van der Waals surface area contributed by atoms with Gasteiger partial charge in [0.2, 0.25) is 0 Å². The van der Waals surface area contributed by atoms with Crippen LogP contribution in [0.4, 0.5) is 0 Å².